The maximum Gasteiger partial charge on any atom is 0.328 e. The zero-order chi connectivity index (χ0) is 18.7. The predicted octanol–water partition coefficient (Wildman–Crippen LogP) is 2.53. The predicted molar refractivity (Wildman–Crippen MR) is 96.1 cm³/mol. The van der Waals surface area contributed by atoms with Gasteiger partial charge in [0, 0.05) is 18.2 Å². The van der Waals surface area contributed by atoms with Crippen molar-refractivity contribution in [3.8, 4) is 11.5 Å². The number of carbonyl (C=O) groups is 1. The molecule has 0 bridgehead atoms. The first kappa shape index (κ1) is 17.8. The number of hydrogen-bond acceptors (Lipinski definition) is 5. The maximum atomic E-state index is 12.8. The number of nitrogens with one attached hydrogen (secondary N) is 1. The standard InChI is InChI=1S/C18H17NO6S/c1-24-16-5-2-12(3-7-18(20)21)10-17(16)26(22,23)19-14-4-6-15-13(11-14)8-9-25-15/h2-7,10-11,19H,8-9H2,1H3,(H,20,21)/b7-3+. The number of benzene rings is 2. The normalized spacial score (nSPS) is 13.3. The summed E-state index contributed by atoms with van der Waals surface area (Å²) in [5, 5.41) is 8.72. The van der Waals surface area contributed by atoms with E-state index < -0.39 is 16.0 Å². The van der Waals surface area contributed by atoms with Crippen LogP contribution in [0.25, 0.3) is 6.08 Å². The van der Waals surface area contributed by atoms with E-state index in [9.17, 15) is 13.2 Å². The number of carboxylic acid groups (broad SMARTS) is 1. The molecular formula is C18H17NO6S. The first-order valence-corrected chi connectivity index (χ1v) is 9.25. The topological polar surface area (TPSA) is 102 Å². The zero-order valence-corrected chi connectivity index (χ0v) is 14.7. The van der Waals surface area contributed by atoms with Crippen molar-refractivity contribution in [1.29, 1.82) is 0 Å². The van der Waals surface area contributed by atoms with Gasteiger partial charge in [-0.3, -0.25) is 4.72 Å². The third kappa shape index (κ3) is 3.80. The lowest BCUT2D eigenvalue weighted by atomic mass is 10.1. The highest BCUT2D eigenvalue weighted by Gasteiger charge is 2.21. The first-order chi connectivity index (χ1) is 12.4. The Morgan fingerprint density at radius 1 is 1.27 bits per heavy atom. The number of sulfonamides is 1. The average molecular weight is 375 g/mol. The van der Waals surface area contributed by atoms with Crippen molar-refractivity contribution in [3.63, 3.8) is 0 Å². The van der Waals surface area contributed by atoms with E-state index in [4.69, 9.17) is 14.6 Å². The highest BCUT2D eigenvalue weighted by atomic mass is 32.2. The summed E-state index contributed by atoms with van der Waals surface area (Å²) in [7, 11) is -2.56. The Bertz CT molecular complexity index is 981. The molecule has 0 saturated heterocycles. The molecule has 0 spiro atoms. The molecule has 0 fully saturated rings. The Kier molecular flexibility index (Phi) is 4.85. The van der Waals surface area contributed by atoms with Crippen LogP contribution < -0.4 is 14.2 Å². The molecule has 0 saturated carbocycles. The molecule has 2 N–H and O–H groups in total. The number of fused-ring (bicyclic) bond motifs is 1. The van der Waals surface area contributed by atoms with Crippen LogP contribution in [-0.4, -0.2) is 33.2 Å². The second-order valence-electron chi connectivity index (χ2n) is 5.61. The third-order valence-electron chi connectivity index (χ3n) is 3.84. The number of anilines is 1. The minimum Gasteiger partial charge on any atom is -0.495 e. The fourth-order valence-electron chi connectivity index (χ4n) is 2.63. The van der Waals surface area contributed by atoms with Crippen LogP contribution in [0.2, 0.25) is 0 Å². The molecule has 136 valence electrons. The van der Waals surface area contributed by atoms with E-state index in [2.05, 4.69) is 4.72 Å². The van der Waals surface area contributed by atoms with Crippen LogP contribution in [0, 0.1) is 0 Å². The third-order valence-corrected chi connectivity index (χ3v) is 5.24. The van der Waals surface area contributed by atoms with Crippen molar-refractivity contribution in [1.82, 2.24) is 0 Å². The molecule has 0 aromatic heterocycles. The summed E-state index contributed by atoms with van der Waals surface area (Å²) in [5.41, 5.74) is 1.79. The molecule has 26 heavy (non-hydrogen) atoms. The van der Waals surface area contributed by atoms with Gasteiger partial charge in [0.25, 0.3) is 10.0 Å². The van der Waals surface area contributed by atoms with E-state index in [1.807, 2.05) is 0 Å². The number of ether oxygens (including phenoxy) is 2. The maximum absolute atomic E-state index is 12.8. The van der Waals surface area contributed by atoms with Crippen LogP contribution in [0.5, 0.6) is 11.5 Å². The Labute approximate surface area is 150 Å². The fraction of sp³-hybridized carbons (Fsp3) is 0.167. The average Bonchev–Trinajstić information content (AvgIpc) is 3.07. The lowest BCUT2D eigenvalue weighted by molar-refractivity contribution is -0.131. The lowest BCUT2D eigenvalue weighted by Gasteiger charge is -2.13. The molecule has 2 aromatic rings. The number of methoxy groups -OCH3 is 1. The van der Waals surface area contributed by atoms with E-state index in [1.54, 1.807) is 24.3 Å². The van der Waals surface area contributed by atoms with Gasteiger partial charge in [0.05, 0.1) is 13.7 Å². The van der Waals surface area contributed by atoms with Crippen LogP contribution in [0.15, 0.2) is 47.4 Å². The van der Waals surface area contributed by atoms with E-state index in [-0.39, 0.29) is 10.6 Å². The van der Waals surface area contributed by atoms with Crippen molar-refractivity contribution in [2.24, 2.45) is 0 Å². The van der Waals surface area contributed by atoms with Gasteiger partial charge in [-0.15, -0.1) is 0 Å². The van der Waals surface area contributed by atoms with Crippen LogP contribution in [0.1, 0.15) is 11.1 Å². The minimum atomic E-state index is -3.93. The van der Waals surface area contributed by atoms with Gasteiger partial charge >= 0.3 is 5.97 Å². The van der Waals surface area contributed by atoms with Gasteiger partial charge in [-0.05, 0) is 47.5 Å². The van der Waals surface area contributed by atoms with E-state index in [1.165, 1.54) is 25.3 Å². The molecular weight excluding hydrogens is 358 g/mol. The second-order valence-corrected chi connectivity index (χ2v) is 7.26. The largest absolute Gasteiger partial charge is 0.495 e. The van der Waals surface area contributed by atoms with Gasteiger partial charge in [-0.2, -0.15) is 0 Å². The van der Waals surface area contributed by atoms with E-state index >= 15 is 0 Å². The summed E-state index contributed by atoms with van der Waals surface area (Å²) in [6, 6.07) is 9.50. The van der Waals surface area contributed by atoms with Gasteiger partial charge in [-0.25, -0.2) is 13.2 Å². The summed E-state index contributed by atoms with van der Waals surface area (Å²) >= 11 is 0. The summed E-state index contributed by atoms with van der Waals surface area (Å²) in [6.07, 6.45) is 2.98. The minimum absolute atomic E-state index is 0.0794. The van der Waals surface area contributed by atoms with Gasteiger partial charge in [-0.1, -0.05) is 6.07 Å². The Morgan fingerprint density at radius 3 is 2.81 bits per heavy atom. The molecule has 1 aliphatic heterocycles. The molecule has 1 heterocycles. The van der Waals surface area contributed by atoms with Crippen molar-refractivity contribution in [3.05, 3.63) is 53.6 Å². The van der Waals surface area contributed by atoms with Gasteiger partial charge in [0.15, 0.2) is 0 Å². The van der Waals surface area contributed by atoms with E-state index in [0.29, 0.717) is 17.9 Å². The molecule has 0 atom stereocenters. The van der Waals surface area contributed by atoms with Crippen molar-refractivity contribution in [2.75, 3.05) is 18.4 Å². The fourth-order valence-corrected chi connectivity index (χ4v) is 3.89. The van der Waals surface area contributed by atoms with Crippen molar-refractivity contribution < 1.29 is 27.8 Å². The molecule has 7 nitrogen and oxygen atoms in total. The molecule has 0 aliphatic carbocycles. The SMILES string of the molecule is COc1ccc(/C=C/C(=O)O)cc1S(=O)(=O)Nc1ccc2c(c1)CCO2. The number of carboxylic acids is 1. The van der Waals surface area contributed by atoms with Crippen LogP contribution in [0.3, 0.4) is 0 Å². The molecule has 1 aliphatic rings. The molecule has 0 amide bonds. The number of aliphatic carboxylic acids is 1. The van der Waals surface area contributed by atoms with Gasteiger partial charge in [0.2, 0.25) is 0 Å². The summed E-state index contributed by atoms with van der Waals surface area (Å²) in [4.78, 5) is 10.6. The Balaban J connectivity index is 1.94. The monoisotopic (exact) mass is 375 g/mol. The summed E-state index contributed by atoms with van der Waals surface area (Å²) < 4.78 is 38.7. The van der Waals surface area contributed by atoms with Crippen molar-refractivity contribution in [2.45, 2.75) is 11.3 Å². The van der Waals surface area contributed by atoms with E-state index in [0.717, 1.165) is 23.8 Å². The smallest absolute Gasteiger partial charge is 0.328 e. The quantitative estimate of drug-likeness (QED) is 0.753. The molecule has 8 heteroatoms. The molecule has 2 aromatic carbocycles. The second kappa shape index (κ2) is 7.09. The molecule has 0 unspecified atom stereocenters. The summed E-state index contributed by atoms with van der Waals surface area (Å²) in [6.45, 7) is 0.581. The number of hydrogen-bond donors (Lipinski definition) is 2. The number of rotatable bonds is 6. The van der Waals surface area contributed by atoms with Gasteiger partial charge in [0.1, 0.15) is 16.4 Å². The zero-order valence-electron chi connectivity index (χ0n) is 13.9. The van der Waals surface area contributed by atoms with Crippen LogP contribution in [0.4, 0.5) is 5.69 Å². The van der Waals surface area contributed by atoms with Crippen molar-refractivity contribution >= 4 is 27.8 Å². The van der Waals surface area contributed by atoms with Crippen LogP contribution >= 0.6 is 0 Å². The Morgan fingerprint density at radius 2 is 2.08 bits per heavy atom. The van der Waals surface area contributed by atoms with Gasteiger partial charge < -0.3 is 14.6 Å². The first-order valence-electron chi connectivity index (χ1n) is 7.76. The molecule has 0 radical (unpaired) electrons. The lowest BCUT2D eigenvalue weighted by Crippen LogP contribution is -2.14. The summed E-state index contributed by atoms with van der Waals surface area (Å²) in [5.74, 6) is -0.204. The van der Waals surface area contributed by atoms with Crippen LogP contribution in [-0.2, 0) is 21.2 Å². The highest BCUT2D eigenvalue weighted by Crippen LogP contribution is 2.31. The highest BCUT2D eigenvalue weighted by molar-refractivity contribution is 7.92. The Hall–Kier alpha value is -3.00. The molecule has 3 rings (SSSR count).